The first kappa shape index (κ1) is 15.6. The summed E-state index contributed by atoms with van der Waals surface area (Å²) < 4.78 is 12.7. The Hall–Kier alpha value is -2.34. The molecule has 2 heterocycles. The van der Waals surface area contributed by atoms with Gasteiger partial charge in [-0.1, -0.05) is 23.5 Å². The smallest absolute Gasteiger partial charge is 0.350 e. The van der Waals surface area contributed by atoms with Crippen molar-refractivity contribution in [1.82, 2.24) is 9.38 Å². The summed E-state index contributed by atoms with van der Waals surface area (Å²) in [6.07, 6.45) is 1.93. The third kappa shape index (κ3) is 2.82. The van der Waals surface area contributed by atoms with Gasteiger partial charge in [0.05, 0.1) is 18.9 Å². The molecule has 23 heavy (non-hydrogen) atoms. The number of nitrogens with zero attached hydrogens (tertiary/aromatic N) is 2. The molecule has 0 radical (unpaired) electrons. The van der Waals surface area contributed by atoms with E-state index in [0.717, 1.165) is 27.7 Å². The lowest BCUT2D eigenvalue weighted by atomic mass is 10.1. The van der Waals surface area contributed by atoms with Crippen molar-refractivity contribution in [2.75, 3.05) is 13.2 Å². The number of ether oxygens (including phenoxy) is 2. The second-order valence-corrected chi connectivity index (χ2v) is 5.92. The number of esters is 1. The number of thiazole rings is 1. The highest BCUT2D eigenvalue weighted by atomic mass is 32.1. The zero-order valence-electron chi connectivity index (χ0n) is 13.3. The fraction of sp³-hybridized carbons (Fsp3) is 0.294. The van der Waals surface area contributed by atoms with E-state index >= 15 is 0 Å². The highest BCUT2D eigenvalue weighted by Gasteiger charge is 2.19. The number of benzene rings is 1. The van der Waals surface area contributed by atoms with Crippen LogP contribution in [0.5, 0.6) is 5.75 Å². The molecule has 0 aliphatic carbocycles. The zero-order chi connectivity index (χ0) is 16.4. The van der Waals surface area contributed by atoms with E-state index in [9.17, 15) is 4.79 Å². The number of rotatable bonds is 5. The van der Waals surface area contributed by atoms with Crippen LogP contribution in [0.2, 0.25) is 0 Å². The fourth-order valence-electron chi connectivity index (χ4n) is 2.43. The first-order valence-corrected chi connectivity index (χ1v) is 8.35. The van der Waals surface area contributed by atoms with Gasteiger partial charge in [0.1, 0.15) is 10.6 Å². The number of imidazole rings is 1. The Morgan fingerprint density at radius 1 is 1.26 bits per heavy atom. The van der Waals surface area contributed by atoms with Crippen molar-refractivity contribution in [3.8, 4) is 17.0 Å². The van der Waals surface area contributed by atoms with Gasteiger partial charge < -0.3 is 9.47 Å². The van der Waals surface area contributed by atoms with Crippen LogP contribution in [0.4, 0.5) is 0 Å². The minimum Gasteiger partial charge on any atom is -0.493 e. The first-order valence-electron chi connectivity index (χ1n) is 7.53. The molecular weight excluding hydrogens is 312 g/mol. The molecule has 6 heteroatoms. The van der Waals surface area contributed by atoms with Crippen LogP contribution in [0, 0.1) is 6.92 Å². The molecule has 0 aliphatic rings. The number of hydrogen-bond donors (Lipinski definition) is 0. The molecular formula is C17H18N2O3S. The number of aryl methyl sites for hydroxylation is 1. The summed E-state index contributed by atoms with van der Waals surface area (Å²) in [5.41, 5.74) is 2.62. The van der Waals surface area contributed by atoms with E-state index in [-0.39, 0.29) is 5.97 Å². The monoisotopic (exact) mass is 330 g/mol. The average molecular weight is 330 g/mol. The summed E-state index contributed by atoms with van der Waals surface area (Å²) in [4.78, 5) is 18.0. The maximum Gasteiger partial charge on any atom is 0.350 e. The second-order valence-electron chi connectivity index (χ2n) is 4.94. The molecule has 3 aromatic rings. The molecule has 0 unspecified atom stereocenters. The van der Waals surface area contributed by atoms with Gasteiger partial charge >= 0.3 is 5.97 Å². The maximum absolute atomic E-state index is 12.0. The minimum atomic E-state index is -0.295. The van der Waals surface area contributed by atoms with Gasteiger partial charge in [0.25, 0.3) is 0 Å². The van der Waals surface area contributed by atoms with E-state index in [1.807, 2.05) is 48.7 Å². The minimum absolute atomic E-state index is 0.295. The van der Waals surface area contributed by atoms with Crippen molar-refractivity contribution in [1.29, 1.82) is 0 Å². The van der Waals surface area contributed by atoms with Crippen molar-refractivity contribution in [2.45, 2.75) is 20.8 Å². The molecule has 0 N–H and O–H groups in total. The van der Waals surface area contributed by atoms with E-state index in [1.54, 1.807) is 6.92 Å². The van der Waals surface area contributed by atoms with Crippen molar-refractivity contribution >= 4 is 22.3 Å². The van der Waals surface area contributed by atoms with Gasteiger partial charge in [-0.3, -0.25) is 4.40 Å². The number of carbonyl (C=O) groups excluding carboxylic acids is 1. The van der Waals surface area contributed by atoms with Crippen LogP contribution >= 0.6 is 11.3 Å². The fourth-order valence-corrected chi connectivity index (χ4v) is 3.43. The molecule has 1 aromatic carbocycles. The van der Waals surface area contributed by atoms with Crippen LogP contribution in [0.3, 0.4) is 0 Å². The molecule has 2 aromatic heterocycles. The van der Waals surface area contributed by atoms with Crippen LogP contribution in [-0.4, -0.2) is 28.6 Å². The van der Waals surface area contributed by atoms with Crippen LogP contribution in [0.15, 0.2) is 30.5 Å². The highest BCUT2D eigenvalue weighted by Crippen LogP contribution is 2.32. The van der Waals surface area contributed by atoms with Gasteiger partial charge in [0.2, 0.25) is 0 Å². The number of aromatic nitrogens is 2. The van der Waals surface area contributed by atoms with Gasteiger partial charge in [-0.25, -0.2) is 9.78 Å². The quantitative estimate of drug-likeness (QED) is 0.665. The molecule has 120 valence electrons. The van der Waals surface area contributed by atoms with E-state index in [4.69, 9.17) is 9.47 Å². The maximum atomic E-state index is 12.0. The van der Waals surface area contributed by atoms with Crippen LogP contribution in [0.25, 0.3) is 16.2 Å². The van der Waals surface area contributed by atoms with Crippen molar-refractivity contribution in [2.24, 2.45) is 0 Å². The van der Waals surface area contributed by atoms with Crippen LogP contribution in [0.1, 0.15) is 29.2 Å². The number of para-hydroxylation sites is 1. The zero-order valence-corrected chi connectivity index (χ0v) is 14.1. The summed E-state index contributed by atoms with van der Waals surface area (Å²) in [6, 6.07) is 7.82. The van der Waals surface area contributed by atoms with Gasteiger partial charge in [-0.2, -0.15) is 0 Å². The predicted molar refractivity (Wildman–Crippen MR) is 90.4 cm³/mol. The van der Waals surface area contributed by atoms with Gasteiger partial charge in [-0.15, -0.1) is 0 Å². The summed E-state index contributed by atoms with van der Waals surface area (Å²) in [5.74, 6) is 0.515. The molecule has 0 saturated heterocycles. The summed E-state index contributed by atoms with van der Waals surface area (Å²) in [6.45, 7) is 6.62. The molecule has 0 saturated carbocycles. The topological polar surface area (TPSA) is 52.8 Å². The average Bonchev–Trinajstić information content (AvgIpc) is 3.08. The van der Waals surface area contributed by atoms with Gasteiger partial charge in [0, 0.05) is 17.5 Å². The summed E-state index contributed by atoms with van der Waals surface area (Å²) >= 11 is 1.34. The Balaban J connectivity index is 2.04. The Kier molecular flexibility index (Phi) is 4.34. The van der Waals surface area contributed by atoms with E-state index in [0.29, 0.717) is 18.1 Å². The van der Waals surface area contributed by atoms with E-state index in [2.05, 4.69) is 4.98 Å². The van der Waals surface area contributed by atoms with Crippen LogP contribution < -0.4 is 4.74 Å². The van der Waals surface area contributed by atoms with E-state index in [1.165, 1.54) is 11.3 Å². The SMILES string of the molecule is CCOC(=O)c1sc2nc(-c3ccccc3OCC)cn2c1C. The first-order chi connectivity index (χ1) is 11.2. The second kappa shape index (κ2) is 6.42. The van der Waals surface area contributed by atoms with Crippen molar-refractivity contribution in [3.63, 3.8) is 0 Å². The molecule has 5 nitrogen and oxygen atoms in total. The molecule has 0 fully saturated rings. The van der Waals surface area contributed by atoms with Crippen LogP contribution in [-0.2, 0) is 4.74 Å². The Bertz CT molecular complexity index is 851. The summed E-state index contributed by atoms with van der Waals surface area (Å²) in [7, 11) is 0. The standard InChI is InChI=1S/C17H18N2O3S/c1-4-21-14-9-7-6-8-12(14)13-10-19-11(3)15(16(20)22-5-2)23-17(19)18-13/h6-10H,4-5H2,1-3H3. The number of fused-ring (bicyclic) bond motifs is 1. The Labute approximate surface area is 138 Å². The largest absolute Gasteiger partial charge is 0.493 e. The van der Waals surface area contributed by atoms with Gasteiger partial charge in [0.15, 0.2) is 4.96 Å². The normalized spacial score (nSPS) is 10.9. The van der Waals surface area contributed by atoms with Gasteiger partial charge in [-0.05, 0) is 32.9 Å². The Morgan fingerprint density at radius 2 is 2.04 bits per heavy atom. The van der Waals surface area contributed by atoms with E-state index < -0.39 is 0 Å². The summed E-state index contributed by atoms with van der Waals surface area (Å²) in [5, 5.41) is 0. The van der Waals surface area contributed by atoms with Crippen molar-refractivity contribution in [3.05, 3.63) is 41.0 Å². The predicted octanol–water partition coefficient (Wildman–Crippen LogP) is 3.95. The molecule has 0 amide bonds. The molecule has 0 aliphatic heterocycles. The Morgan fingerprint density at radius 3 is 2.74 bits per heavy atom. The lowest BCUT2D eigenvalue weighted by molar-refractivity contribution is 0.0531. The molecule has 0 atom stereocenters. The lowest BCUT2D eigenvalue weighted by Crippen LogP contribution is -2.04. The van der Waals surface area contributed by atoms with Crippen molar-refractivity contribution < 1.29 is 14.3 Å². The third-order valence-electron chi connectivity index (χ3n) is 3.48. The number of carbonyl (C=O) groups is 1. The molecule has 0 spiro atoms. The molecule has 3 rings (SSSR count). The highest BCUT2D eigenvalue weighted by molar-refractivity contribution is 7.19. The third-order valence-corrected chi connectivity index (χ3v) is 4.62. The number of hydrogen-bond acceptors (Lipinski definition) is 5. The lowest BCUT2D eigenvalue weighted by Gasteiger charge is -2.07. The molecule has 0 bridgehead atoms.